The van der Waals surface area contributed by atoms with Crippen molar-refractivity contribution >= 4 is 17.4 Å². The molecule has 4 rings (SSSR count). The number of nitrogens with one attached hydrogen (secondary N) is 1. The maximum Gasteiger partial charge on any atom is 0.274 e. The van der Waals surface area contributed by atoms with Gasteiger partial charge in [0.1, 0.15) is 11.5 Å². The van der Waals surface area contributed by atoms with E-state index < -0.39 is 0 Å². The number of anilines is 2. The molecular formula is C18H20N4O3. The van der Waals surface area contributed by atoms with Gasteiger partial charge in [-0.3, -0.25) is 4.79 Å². The molecule has 130 valence electrons. The third-order valence-corrected chi connectivity index (χ3v) is 4.59. The lowest BCUT2D eigenvalue weighted by atomic mass is 9.99. The summed E-state index contributed by atoms with van der Waals surface area (Å²) in [5, 5.41) is 3.15. The highest BCUT2D eigenvalue weighted by atomic mass is 16.7. The van der Waals surface area contributed by atoms with Crippen LogP contribution in [0.2, 0.25) is 0 Å². The average molecular weight is 340 g/mol. The van der Waals surface area contributed by atoms with E-state index in [9.17, 15) is 4.79 Å². The van der Waals surface area contributed by atoms with Crippen LogP contribution in [0.5, 0.6) is 11.5 Å². The molecule has 0 spiro atoms. The second kappa shape index (κ2) is 6.58. The van der Waals surface area contributed by atoms with E-state index in [1.807, 2.05) is 23.1 Å². The number of amides is 1. The Morgan fingerprint density at radius 3 is 2.72 bits per heavy atom. The van der Waals surface area contributed by atoms with Crippen molar-refractivity contribution in [1.29, 1.82) is 0 Å². The minimum Gasteiger partial charge on any atom is -0.454 e. The normalized spacial score (nSPS) is 16.8. The molecule has 25 heavy (non-hydrogen) atoms. The van der Waals surface area contributed by atoms with E-state index in [2.05, 4.69) is 22.2 Å². The van der Waals surface area contributed by atoms with Crippen molar-refractivity contribution in [3.8, 4) is 11.5 Å². The van der Waals surface area contributed by atoms with Crippen molar-refractivity contribution in [3.05, 3.63) is 36.3 Å². The van der Waals surface area contributed by atoms with Crippen LogP contribution in [-0.2, 0) is 0 Å². The lowest BCUT2D eigenvalue weighted by Gasteiger charge is -2.29. The van der Waals surface area contributed by atoms with Gasteiger partial charge >= 0.3 is 0 Å². The second-order valence-corrected chi connectivity index (χ2v) is 6.45. The molecule has 0 bridgehead atoms. The van der Waals surface area contributed by atoms with E-state index in [-0.39, 0.29) is 12.7 Å². The molecule has 3 heterocycles. The summed E-state index contributed by atoms with van der Waals surface area (Å²) in [6.07, 6.45) is 5.19. The van der Waals surface area contributed by atoms with Gasteiger partial charge in [0.2, 0.25) is 6.79 Å². The number of likely N-dealkylation sites (tertiary alicyclic amines) is 1. The van der Waals surface area contributed by atoms with Gasteiger partial charge in [-0.25, -0.2) is 9.97 Å². The second-order valence-electron chi connectivity index (χ2n) is 6.45. The highest BCUT2D eigenvalue weighted by molar-refractivity contribution is 5.92. The quantitative estimate of drug-likeness (QED) is 0.926. The fourth-order valence-electron chi connectivity index (χ4n) is 3.00. The van der Waals surface area contributed by atoms with Crippen LogP contribution in [0.1, 0.15) is 30.3 Å². The molecule has 2 aliphatic rings. The first-order valence-corrected chi connectivity index (χ1v) is 8.47. The number of aromatic nitrogens is 2. The van der Waals surface area contributed by atoms with E-state index in [0.717, 1.165) is 37.4 Å². The maximum absolute atomic E-state index is 12.5. The third kappa shape index (κ3) is 3.35. The molecule has 1 amide bonds. The molecule has 7 nitrogen and oxygen atoms in total. The van der Waals surface area contributed by atoms with Gasteiger partial charge in [0.05, 0.1) is 12.4 Å². The van der Waals surface area contributed by atoms with Gasteiger partial charge in [-0.05, 0) is 30.9 Å². The summed E-state index contributed by atoms with van der Waals surface area (Å²) in [6.45, 7) is 4.04. The highest BCUT2D eigenvalue weighted by Crippen LogP contribution is 2.34. The summed E-state index contributed by atoms with van der Waals surface area (Å²) in [6, 6.07) is 5.56. The van der Waals surface area contributed by atoms with Crippen molar-refractivity contribution in [2.75, 3.05) is 25.2 Å². The topological polar surface area (TPSA) is 76.6 Å². The predicted molar refractivity (Wildman–Crippen MR) is 92.2 cm³/mol. The number of carbonyl (C=O) groups is 1. The minimum absolute atomic E-state index is 0.0472. The van der Waals surface area contributed by atoms with E-state index >= 15 is 0 Å². The molecule has 2 aliphatic heterocycles. The van der Waals surface area contributed by atoms with Crippen LogP contribution >= 0.6 is 0 Å². The Hall–Kier alpha value is -2.83. The first-order chi connectivity index (χ1) is 12.2. The number of carbonyl (C=O) groups excluding carboxylic acids is 1. The molecule has 0 radical (unpaired) electrons. The zero-order valence-corrected chi connectivity index (χ0v) is 14.1. The van der Waals surface area contributed by atoms with Crippen LogP contribution in [0.15, 0.2) is 30.6 Å². The molecule has 1 N–H and O–H groups in total. The summed E-state index contributed by atoms with van der Waals surface area (Å²) >= 11 is 0. The lowest BCUT2D eigenvalue weighted by Crippen LogP contribution is -2.38. The highest BCUT2D eigenvalue weighted by Gasteiger charge is 2.22. The van der Waals surface area contributed by atoms with Crippen molar-refractivity contribution in [1.82, 2.24) is 14.9 Å². The van der Waals surface area contributed by atoms with Crippen LogP contribution in [0.3, 0.4) is 0 Å². The first-order valence-electron chi connectivity index (χ1n) is 8.47. The summed E-state index contributed by atoms with van der Waals surface area (Å²) in [5.74, 6) is 2.64. The Bertz CT molecular complexity index is 770. The fourth-order valence-corrected chi connectivity index (χ4v) is 3.00. The molecule has 7 heteroatoms. The van der Waals surface area contributed by atoms with Gasteiger partial charge in [-0.1, -0.05) is 6.92 Å². The van der Waals surface area contributed by atoms with Crippen LogP contribution in [-0.4, -0.2) is 40.7 Å². The summed E-state index contributed by atoms with van der Waals surface area (Å²) < 4.78 is 10.6. The number of ether oxygens (including phenoxy) is 2. The van der Waals surface area contributed by atoms with Crippen molar-refractivity contribution in [2.45, 2.75) is 19.8 Å². The first kappa shape index (κ1) is 15.7. The molecule has 0 aliphatic carbocycles. The van der Waals surface area contributed by atoms with Crippen molar-refractivity contribution < 1.29 is 14.3 Å². The number of hydrogen-bond donors (Lipinski definition) is 1. The Kier molecular flexibility index (Phi) is 4.13. The molecule has 0 saturated carbocycles. The molecule has 1 aromatic carbocycles. The van der Waals surface area contributed by atoms with Gasteiger partial charge in [0.15, 0.2) is 11.5 Å². The number of benzene rings is 1. The van der Waals surface area contributed by atoms with E-state index in [0.29, 0.717) is 23.2 Å². The summed E-state index contributed by atoms with van der Waals surface area (Å²) in [5.41, 5.74) is 1.20. The Labute approximate surface area is 146 Å². The number of rotatable bonds is 3. The minimum atomic E-state index is -0.0472. The lowest BCUT2D eigenvalue weighted by molar-refractivity contribution is 0.0691. The largest absolute Gasteiger partial charge is 0.454 e. The van der Waals surface area contributed by atoms with Crippen LogP contribution in [0, 0.1) is 5.92 Å². The molecule has 1 aromatic heterocycles. The predicted octanol–water partition coefficient (Wildman–Crippen LogP) is 2.82. The van der Waals surface area contributed by atoms with Crippen LogP contribution < -0.4 is 14.8 Å². The molecule has 0 atom stereocenters. The molecular weight excluding hydrogens is 320 g/mol. The van der Waals surface area contributed by atoms with E-state index in [1.54, 1.807) is 6.20 Å². The average Bonchev–Trinajstić information content (AvgIpc) is 3.10. The molecule has 1 saturated heterocycles. The van der Waals surface area contributed by atoms with E-state index in [4.69, 9.17) is 9.47 Å². The fraction of sp³-hybridized carbons (Fsp3) is 0.389. The van der Waals surface area contributed by atoms with Gasteiger partial charge in [-0.2, -0.15) is 0 Å². The maximum atomic E-state index is 12.5. The Morgan fingerprint density at radius 1 is 1.16 bits per heavy atom. The Balaban J connectivity index is 1.42. The monoisotopic (exact) mass is 340 g/mol. The van der Waals surface area contributed by atoms with Gasteiger partial charge < -0.3 is 19.7 Å². The molecule has 2 aromatic rings. The Morgan fingerprint density at radius 2 is 1.96 bits per heavy atom. The number of nitrogens with zero attached hydrogens (tertiary/aromatic N) is 3. The van der Waals surface area contributed by atoms with Gasteiger partial charge in [-0.15, -0.1) is 0 Å². The summed E-state index contributed by atoms with van der Waals surface area (Å²) in [4.78, 5) is 22.9. The number of piperidine rings is 1. The van der Waals surface area contributed by atoms with Crippen LogP contribution in [0.25, 0.3) is 0 Å². The smallest absolute Gasteiger partial charge is 0.274 e. The van der Waals surface area contributed by atoms with Gasteiger partial charge in [0.25, 0.3) is 5.91 Å². The SMILES string of the molecule is CC1CCN(C(=O)c2cnc(Nc3ccc4c(c3)OCO4)cn2)CC1. The summed E-state index contributed by atoms with van der Waals surface area (Å²) in [7, 11) is 0. The van der Waals surface area contributed by atoms with Crippen molar-refractivity contribution in [2.24, 2.45) is 5.92 Å². The van der Waals surface area contributed by atoms with Crippen molar-refractivity contribution in [3.63, 3.8) is 0 Å². The standard InChI is InChI=1S/C18H20N4O3/c1-12-4-6-22(7-5-12)18(23)14-9-20-17(10-19-14)21-13-2-3-15-16(8-13)25-11-24-15/h2-3,8-10,12H,4-7,11H2,1H3,(H,20,21). The number of fused-ring (bicyclic) bond motifs is 1. The van der Waals surface area contributed by atoms with Gasteiger partial charge in [0, 0.05) is 24.8 Å². The zero-order chi connectivity index (χ0) is 17.2. The molecule has 0 unspecified atom stereocenters. The number of hydrogen-bond acceptors (Lipinski definition) is 6. The third-order valence-electron chi connectivity index (χ3n) is 4.59. The van der Waals surface area contributed by atoms with Crippen LogP contribution in [0.4, 0.5) is 11.5 Å². The van der Waals surface area contributed by atoms with E-state index in [1.165, 1.54) is 6.20 Å². The molecule has 1 fully saturated rings. The zero-order valence-electron chi connectivity index (χ0n) is 14.1.